The molecule has 2 aromatic rings. The average molecular weight is 295 g/mol. The molecule has 4 nitrogen and oxygen atoms in total. The number of carbonyl (C=O) groups excluding carboxylic acids is 1. The molecule has 0 saturated heterocycles. The molecule has 0 heterocycles. The maximum atomic E-state index is 12.1. The molecule has 0 amide bonds. The zero-order valence-corrected chi connectivity index (χ0v) is 12.7. The lowest BCUT2D eigenvalue weighted by Crippen LogP contribution is -2.07. The van der Waals surface area contributed by atoms with Crippen molar-refractivity contribution in [2.24, 2.45) is 0 Å². The highest BCUT2D eigenvalue weighted by atomic mass is 16.5. The van der Waals surface area contributed by atoms with Gasteiger partial charge in [-0.25, -0.2) is 0 Å². The van der Waals surface area contributed by atoms with Crippen LogP contribution in [0.15, 0.2) is 54.6 Å². The van der Waals surface area contributed by atoms with E-state index in [1.807, 2.05) is 43.3 Å². The second-order valence-corrected chi connectivity index (χ2v) is 4.98. The van der Waals surface area contributed by atoms with Gasteiger partial charge in [-0.3, -0.25) is 4.79 Å². The van der Waals surface area contributed by atoms with E-state index in [1.54, 1.807) is 36.4 Å². The normalized spacial score (nSPS) is 10.5. The predicted octanol–water partition coefficient (Wildman–Crippen LogP) is 2.29. The predicted molar refractivity (Wildman–Crippen MR) is 90.6 cm³/mol. The van der Waals surface area contributed by atoms with Gasteiger partial charge in [-0.1, -0.05) is 18.2 Å². The van der Waals surface area contributed by atoms with E-state index in [2.05, 4.69) is 0 Å². The number of allylic oxidation sites excluding steroid dienone is 1. The molecule has 0 saturated carbocycles. The van der Waals surface area contributed by atoms with Crippen LogP contribution < -0.4 is 9.55 Å². The Morgan fingerprint density at radius 3 is 2.27 bits per heavy atom. The Morgan fingerprint density at radius 2 is 1.73 bits per heavy atom. The Morgan fingerprint density at radius 1 is 1.09 bits per heavy atom. The second-order valence-electron chi connectivity index (χ2n) is 4.98. The third-order valence-electron chi connectivity index (χ3n) is 3.21. The lowest BCUT2D eigenvalue weighted by molar-refractivity contribution is 0.104. The molecule has 0 aliphatic rings. The second kappa shape index (κ2) is 7.47. The topological polar surface area (TPSA) is 49.8 Å². The van der Waals surface area contributed by atoms with E-state index in [0.29, 0.717) is 11.3 Å². The summed E-state index contributed by atoms with van der Waals surface area (Å²) in [7, 11) is 3.59. The SMILES string of the molecule is CN(C)c1ccc(/C=C/C(=O)c2ccc(OBO)cc2)cc1. The Bertz CT molecular complexity index is 649. The maximum absolute atomic E-state index is 12.1. The van der Waals surface area contributed by atoms with Crippen LogP contribution >= 0.6 is 0 Å². The van der Waals surface area contributed by atoms with Crippen LogP contribution in [0.3, 0.4) is 0 Å². The first kappa shape index (κ1) is 15.9. The van der Waals surface area contributed by atoms with Gasteiger partial charge in [-0.15, -0.1) is 0 Å². The molecule has 0 spiro atoms. The van der Waals surface area contributed by atoms with E-state index in [-0.39, 0.29) is 13.5 Å². The van der Waals surface area contributed by atoms with E-state index in [4.69, 9.17) is 9.68 Å². The van der Waals surface area contributed by atoms with E-state index < -0.39 is 0 Å². The van der Waals surface area contributed by atoms with Crippen LogP contribution in [-0.2, 0) is 0 Å². The third kappa shape index (κ3) is 4.23. The van der Waals surface area contributed by atoms with Gasteiger partial charge in [0.15, 0.2) is 5.78 Å². The van der Waals surface area contributed by atoms with Gasteiger partial charge in [0.05, 0.1) is 0 Å². The number of benzene rings is 2. The van der Waals surface area contributed by atoms with Crippen LogP contribution in [-0.4, -0.2) is 32.6 Å². The third-order valence-corrected chi connectivity index (χ3v) is 3.21. The fourth-order valence-corrected chi connectivity index (χ4v) is 1.94. The number of carbonyl (C=O) groups is 1. The van der Waals surface area contributed by atoms with Crippen molar-refractivity contribution in [3.05, 3.63) is 65.7 Å². The van der Waals surface area contributed by atoms with Crippen molar-refractivity contribution in [3.63, 3.8) is 0 Å². The lowest BCUT2D eigenvalue weighted by Gasteiger charge is -2.11. The van der Waals surface area contributed by atoms with Crippen molar-refractivity contribution in [2.45, 2.75) is 0 Å². The van der Waals surface area contributed by atoms with Crippen molar-refractivity contribution in [3.8, 4) is 5.75 Å². The first-order valence-electron chi connectivity index (χ1n) is 6.93. The minimum absolute atomic E-state index is 0.0766. The highest BCUT2D eigenvalue weighted by Crippen LogP contribution is 2.15. The smallest absolute Gasteiger partial charge is 0.504 e. The van der Waals surface area contributed by atoms with E-state index in [1.165, 1.54) is 0 Å². The lowest BCUT2D eigenvalue weighted by atomic mass is 10.1. The molecule has 22 heavy (non-hydrogen) atoms. The molecule has 0 bridgehead atoms. The molecule has 0 aliphatic heterocycles. The molecule has 2 rings (SSSR count). The average Bonchev–Trinajstić information content (AvgIpc) is 2.54. The van der Waals surface area contributed by atoms with Gasteiger partial charge >= 0.3 is 7.69 Å². The van der Waals surface area contributed by atoms with E-state index in [0.717, 1.165) is 11.3 Å². The summed E-state index contributed by atoms with van der Waals surface area (Å²) < 4.78 is 4.92. The monoisotopic (exact) mass is 295 g/mol. The van der Waals surface area contributed by atoms with Crippen LogP contribution in [0.2, 0.25) is 0 Å². The number of ketones is 1. The molecule has 0 aromatic heterocycles. The molecule has 0 aliphatic carbocycles. The summed E-state index contributed by atoms with van der Waals surface area (Å²) in [5, 5.41) is 8.66. The zero-order valence-electron chi connectivity index (χ0n) is 12.7. The first-order valence-corrected chi connectivity index (χ1v) is 6.93. The van der Waals surface area contributed by atoms with Crippen molar-refractivity contribution < 1.29 is 14.5 Å². The van der Waals surface area contributed by atoms with Gasteiger partial charge < -0.3 is 14.6 Å². The van der Waals surface area contributed by atoms with Gasteiger partial charge in [-0.05, 0) is 48.0 Å². The highest BCUT2D eigenvalue weighted by Gasteiger charge is 2.02. The van der Waals surface area contributed by atoms with Crippen LogP contribution in [0.25, 0.3) is 6.08 Å². The summed E-state index contributed by atoms with van der Waals surface area (Å²) in [6.07, 6.45) is 3.34. The largest absolute Gasteiger partial charge is 0.539 e. The molecular formula is C17H18BNO3. The molecule has 0 unspecified atom stereocenters. The molecule has 1 N–H and O–H groups in total. The standard InChI is InChI=1S/C17H18BNO3/c1-19(2)15-8-3-13(4-9-15)5-12-17(20)14-6-10-16(11-7-14)22-18-21/h3-12,18,21H,1-2H3/b12-5+. The number of anilines is 1. The summed E-state index contributed by atoms with van der Waals surface area (Å²) in [6.45, 7) is 0. The quantitative estimate of drug-likeness (QED) is 0.504. The molecule has 112 valence electrons. The van der Waals surface area contributed by atoms with Crippen molar-refractivity contribution in [1.82, 2.24) is 0 Å². The summed E-state index contributed by atoms with van der Waals surface area (Å²) in [4.78, 5) is 14.1. The minimum atomic E-state index is -0.379. The molecular weight excluding hydrogens is 277 g/mol. The van der Waals surface area contributed by atoms with Gasteiger partial charge in [0.25, 0.3) is 0 Å². The van der Waals surface area contributed by atoms with Gasteiger partial charge in [-0.2, -0.15) is 0 Å². The first-order chi connectivity index (χ1) is 10.6. The molecule has 2 aromatic carbocycles. The Hall–Kier alpha value is -2.53. The van der Waals surface area contributed by atoms with E-state index in [9.17, 15) is 4.79 Å². The Balaban J connectivity index is 2.04. The van der Waals surface area contributed by atoms with Crippen molar-refractivity contribution in [2.75, 3.05) is 19.0 Å². The molecule has 0 fully saturated rings. The zero-order chi connectivity index (χ0) is 15.9. The molecule has 5 heteroatoms. The fourth-order valence-electron chi connectivity index (χ4n) is 1.94. The number of rotatable bonds is 6. The summed E-state index contributed by atoms with van der Waals surface area (Å²) in [5.41, 5.74) is 2.66. The van der Waals surface area contributed by atoms with Crippen LogP contribution in [0.5, 0.6) is 5.75 Å². The number of hydrogen-bond acceptors (Lipinski definition) is 4. The fraction of sp³-hybridized carbons (Fsp3) is 0.118. The minimum Gasteiger partial charge on any atom is -0.539 e. The van der Waals surface area contributed by atoms with Crippen LogP contribution in [0, 0.1) is 0 Å². The van der Waals surface area contributed by atoms with Crippen molar-refractivity contribution in [1.29, 1.82) is 0 Å². The summed E-state index contributed by atoms with van der Waals surface area (Å²) >= 11 is 0. The number of nitrogens with zero attached hydrogens (tertiary/aromatic N) is 1. The van der Waals surface area contributed by atoms with Gasteiger partial charge in [0, 0.05) is 25.3 Å². The van der Waals surface area contributed by atoms with Gasteiger partial charge in [0.2, 0.25) is 0 Å². The highest BCUT2D eigenvalue weighted by molar-refractivity contribution is 6.17. The summed E-state index contributed by atoms with van der Waals surface area (Å²) in [5.74, 6) is 0.453. The maximum Gasteiger partial charge on any atom is 0.504 e. The van der Waals surface area contributed by atoms with Crippen LogP contribution in [0.4, 0.5) is 5.69 Å². The van der Waals surface area contributed by atoms with Gasteiger partial charge in [0.1, 0.15) is 5.75 Å². The Labute approximate surface area is 131 Å². The summed E-state index contributed by atoms with van der Waals surface area (Å²) in [6, 6.07) is 14.6. The molecule has 0 radical (unpaired) electrons. The van der Waals surface area contributed by atoms with Crippen molar-refractivity contribution >= 4 is 25.2 Å². The number of hydrogen-bond donors (Lipinski definition) is 1. The van der Waals surface area contributed by atoms with Crippen LogP contribution in [0.1, 0.15) is 15.9 Å². The van der Waals surface area contributed by atoms with E-state index >= 15 is 0 Å². The molecule has 0 atom stereocenters. The Kier molecular flexibility index (Phi) is 5.39.